The van der Waals surface area contributed by atoms with Gasteiger partial charge in [0.15, 0.2) is 11.5 Å². The molecule has 0 N–H and O–H groups in total. The Hall–Kier alpha value is -3.11. The van der Waals surface area contributed by atoms with Crippen LogP contribution in [-0.2, 0) is 11.3 Å². The van der Waals surface area contributed by atoms with E-state index in [2.05, 4.69) is 16.0 Å². The van der Waals surface area contributed by atoms with Crippen LogP contribution in [0.25, 0.3) is 22.4 Å². The number of nitriles is 1. The first-order chi connectivity index (χ1) is 16.1. The normalized spacial score (nSPS) is 18.3. The molecule has 3 aromatic rings. The molecule has 2 aromatic carbocycles. The maximum absolute atomic E-state index is 10.0. The van der Waals surface area contributed by atoms with E-state index >= 15 is 0 Å². The number of aromatic nitrogens is 1. The van der Waals surface area contributed by atoms with E-state index in [0.29, 0.717) is 40.7 Å². The van der Waals surface area contributed by atoms with Gasteiger partial charge in [-0.15, -0.1) is 0 Å². The summed E-state index contributed by atoms with van der Waals surface area (Å²) in [5.41, 5.74) is 5.01. The van der Waals surface area contributed by atoms with Crippen LogP contribution in [0.1, 0.15) is 11.1 Å². The molecule has 0 unspecified atom stereocenters. The predicted octanol–water partition coefficient (Wildman–Crippen LogP) is 4.54. The van der Waals surface area contributed by atoms with E-state index in [1.165, 1.54) is 0 Å². The first-order valence-corrected chi connectivity index (χ1v) is 11.4. The van der Waals surface area contributed by atoms with Gasteiger partial charge in [0.25, 0.3) is 0 Å². The van der Waals surface area contributed by atoms with E-state index in [1.54, 1.807) is 0 Å². The summed E-state index contributed by atoms with van der Waals surface area (Å²) in [6, 6.07) is 15.8. The number of ether oxygens (including phenoxy) is 3. The van der Waals surface area contributed by atoms with Gasteiger partial charge in [0, 0.05) is 42.4 Å². The monoisotopic (exact) mass is 459 g/mol. The van der Waals surface area contributed by atoms with Gasteiger partial charge < -0.3 is 14.2 Å². The number of benzene rings is 2. The van der Waals surface area contributed by atoms with Crippen LogP contribution in [0, 0.1) is 16.7 Å². The highest BCUT2D eigenvalue weighted by Crippen LogP contribution is 2.40. The molecule has 33 heavy (non-hydrogen) atoms. The highest BCUT2D eigenvalue weighted by Gasteiger charge is 2.48. The number of nitrogens with zero attached hydrogens (tertiary/aromatic N) is 3. The second kappa shape index (κ2) is 8.03. The van der Waals surface area contributed by atoms with Gasteiger partial charge in [0.1, 0.15) is 19.3 Å². The Kier molecular flexibility index (Phi) is 4.99. The molecule has 0 amide bonds. The van der Waals surface area contributed by atoms with Crippen LogP contribution in [0.3, 0.4) is 0 Å². The van der Waals surface area contributed by atoms with Gasteiger partial charge in [-0.05, 0) is 29.3 Å². The van der Waals surface area contributed by atoms with E-state index in [1.807, 2.05) is 48.7 Å². The Morgan fingerprint density at radius 2 is 1.82 bits per heavy atom. The zero-order chi connectivity index (χ0) is 22.4. The zero-order valence-corrected chi connectivity index (χ0v) is 18.8. The molecule has 2 saturated heterocycles. The second-order valence-electron chi connectivity index (χ2n) is 9.01. The fourth-order valence-corrected chi connectivity index (χ4v) is 5.22. The van der Waals surface area contributed by atoms with Crippen molar-refractivity contribution in [2.24, 2.45) is 5.41 Å². The van der Waals surface area contributed by atoms with Crippen molar-refractivity contribution in [3.63, 3.8) is 0 Å². The van der Waals surface area contributed by atoms with E-state index in [9.17, 15) is 5.26 Å². The highest BCUT2D eigenvalue weighted by atomic mass is 35.5. The Labute approximate surface area is 197 Å². The smallest absolute Gasteiger partial charge is 0.161 e. The molecule has 166 valence electrons. The fourth-order valence-electron chi connectivity index (χ4n) is 4.93. The SMILES string of the molecule is N#Cc1c(-c2ccc3c(c2)OCCO3)cccc1-c1ncc(CN2CC3(COC3)C2)cc1Cl. The number of hydrogen-bond donors (Lipinski definition) is 0. The van der Waals surface area contributed by atoms with Gasteiger partial charge in [-0.3, -0.25) is 9.88 Å². The fraction of sp³-hybridized carbons (Fsp3) is 0.308. The average Bonchev–Trinajstić information content (AvgIpc) is 2.79. The summed E-state index contributed by atoms with van der Waals surface area (Å²) in [5, 5.41) is 10.6. The molecule has 0 radical (unpaired) electrons. The van der Waals surface area contributed by atoms with Crippen molar-refractivity contribution in [2.75, 3.05) is 39.5 Å². The number of halogens is 1. The Balaban J connectivity index is 1.29. The molecule has 7 heteroatoms. The summed E-state index contributed by atoms with van der Waals surface area (Å²) in [4.78, 5) is 7.05. The van der Waals surface area contributed by atoms with Crippen molar-refractivity contribution >= 4 is 11.6 Å². The molecular formula is C26H22ClN3O3. The third-order valence-electron chi connectivity index (χ3n) is 6.52. The minimum Gasteiger partial charge on any atom is -0.486 e. The maximum Gasteiger partial charge on any atom is 0.161 e. The lowest BCUT2D eigenvalue weighted by Gasteiger charge is -2.55. The largest absolute Gasteiger partial charge is 0.486 e. The van der Waals surface area contributed by atoms with Gasteiger partial charge in [0.05, 0.1) is 29.5 Å². The quantitative estimate of drug-likeness (QED) is 0.570. The molecule has 0 aliphatic carbocycles. The third kappa shape index (κ3) is 3.63. The second-order valence-corrected chi connectivity index (χ2v) is 9.42. The number of fused-ring (bicyclic) bond motifs is 1. The van der Waals surface area contributed by atoms with Crippen LogP contribution in [-0.4, -0.2) is 49.4 Å². The molecule has 0 atom stereocenters. The molecule has 3 aliphatic heterocycles. The van der Waals surface area contributed by atoms with E-state index in [0.717, 1.165) is 60.9 Å². The summed E-state index contributed by atoms with van der Waals surface area (Å²) in [6.07, 6.45) is 1.86. The minimum atomic E-state index is 0.382. The molecule has 3 aliphatic rings. The van der Waals surface area contributed by atoms with Gasteiger partial charge in [-0.25, -0.2) is 0 Å². The van der Waals surface area contributed by atoms with E-state index in [4.69, 9.17) is 25.8 Å². The number of likely N-dealkylation sites (tertiary alicyclic amines) is 1. The standard InChI is InChI=1S/C26H22ClN3O3/c27-22-8-17(12-30-13-26(14-30)15-31-16-26)11-29-25(22)20-3-1-2-19(21(20)10-28)18-4-5-23-24(9-18)33-7-6-32-23/h1-5,8-9,11H,6-7,12-16H2. The van der Waals surface area contributed by atoms with Crippen molar-refractivity contribution in [1.29, 1.82) is 5.26 Å². The van der Waals surface area contributed by atoms with Crippen molar-refractivity contribution in [3.8, 4) is 40.0 Å². The van der Waals surface area contributed by atoms with Crippen molar-refractivity contribution in [1.82, 2.24) is 9.88 Å². The predicted molar refractivity (Wildman–Crippen MR) is 124 cm³/mol. The van der Waals surface area contributed by atoms with E-state index < -0.39 is 0 Å². The molecule has 0 saturated carbocycles. The summed E-state index contributed by atoms with van der Waals surface area (Å²) in [5.74, 6) is 1.41. The zero-order valence-electron chi connectivity index (χ0n) is 18.0. The third-order valence-corrected chi connectivity index (χ3v) is 6.81. The van der Waals surface area contributed by atoms with Crippen LogP contribution in [0.15, 0.2) is 48.7 Å². The molecule has 0 bridgehead atoms. The van der Waals surface area contributed by atoms with Gasteiger partial charge >= 0.3 is 0 Å². The summed E-state index contributed by atoms with van der Waals surface area (Å²) in [6.45, 7) is 5.73. The lowest BCUT2D eigenvalue weighted by atomic mass is 9.78. The van der Waals surface area contributed by atoms with Crippen LogP contribution >= 0.6 is 11.6 Å². The topological polar surface area (TPSA) is 67.6 Å². The molecule has 1 aromatic heterocycles. The number of pyridine rings is 1. The summed E-state index contributed by atoms with van der Waals surface area (Å²) in [7, 11) is 0. The minimum absolute atomic E-state index is 0.382. The molecule has 1 spiro atoms. The van der Waals surface area contributed by atoms with Crippen molar-refractivity contribution in [3.05, 3.63) is 64.8 Å². The Bertz CT molecular complexity index is 1270. The van der Waals surface area contributed by atoms with Crippen molar-refractivity contribution < 1.29 is 14.2 Å². The molecule has 6 rings (SSSR count). The highest BCUT2D eigenvalue weighted by molar-refractivity contribution is 6.33. The Morgan fingerprint density at radius 1 is 1.03 bits per heavy atom. The number of rotatable bonds is 4. The van der Waals surface area contributed by atoms with Crippen molar-refractivity contribution in [2.45, 2.75) is 6.54 Å². The van der Waals surface area contributed by atoms with Crippen LogP contribution < -0.4 is 9.47 Å². The summed E-state index contributed by atoms with van der Waals surface area (Å²) < 4.78 is 16.7. The van der Waals surface area contributed by atoms with Crippen LogP contribution in [0.2, 0.25) is 5.02 Å². The molecular weight excluding hydrogens is 438 g/mol. The van der Waals surface area contributed by atoms with Gasteiger partial charge in [0.2, 0.25) is 0 Å². The first kappa shape index (κ1) is 20.5. The van der Waals surface area contributed by atoms with Gasteiger partial charge in [-0.2, -0.15) is 5.26 Å². The molecule has 6 nitrogen and oxygen atoms in total. The van der Waals surface area contributed by atoms with E-state index in [-0.39, 0.29) is 0 Å². The Morgan fingerprint density at radius 3 is 2.55 bits per heavy atom. The van der Waals surface area contributed by atoms with Gasteiger partial charge in [-0.1, -0.05) is 35.9 Å². The lowest BCUT2D eigenvalue weighted by Crippen LogP contribution is -2.65. The maximum atomic E-state index is 10.0. The first-order valence-electron chi connectivity index (χ1n) is 11.0. The van der Waals surface area contributed by atoms with Crippen LogP contribution in [0.5, 0.6) is 11.5 Å². The lowest BCUT2D eigenvalue weighted by molar-refractivity contribution is -0.191. The number of hydrogen-bond acceptors (Lipinski definition) is 6. The molecule has 4 heterocycles. The average molecular weight is 460 g/mol. The summed E-state index contributed by atoms with van der Waals surface area (Å²) >= 11 is 6.68. The van der Waals surface area contributed by atoms with Crippen LogP contribution in [0.4, 0.5) is 0 Å². The molecule has 2 fully saturated rings.